The van der Waals surface area contributed by atoms with E-state index in [2.05, 4.69) is 40.8 Å². The summed E-state index contributed by atoms with van der Waals surface area (Å²) < 4.78 is 0. The molecule has 0 bridgehead atoms. The maximum atomic E-state index is 12.3. The molecule has 0 atom stereocenters. The molecule has 1 aromatic rings. The van der Waals surface area contributed by atoms with Crippen molar-refractivity contribution < 1.29 is 4.79 Å². The van der Waals surface area contributed by atoms with Crippen LogP contribution >= 0.6 is 24.0 Å². The van der Waals surface area contributed by atoms with Gasteiger partial charge in [0.25, 0.3) is 0 Å². The number of hydrogen-bond acceptors (Lipinski definition) is 3. The minimum Gasteiger partial charge on any atom is -0.357 e. The van der Waals surface area contributed by atoms with E-state index in [4.69, 9.17) is 4.99 Å². The van der Waals surface area contributed by atoms with Gasteiger partial charge in [-0.3, -0.25) is 0 Å². The Hall–Kier alpha value is -1.55. The van der Waals surface area contributed by atoms with E-state index in [-0.39, 0.29) is 30.0 Å². The van der Waals surface area contributed by atoms with E-state index in [9.17, 15) is 4.79 Å². The predicted octanol–water partition coefficient (Wildman–Crippen LogP) is 4.11. The first-order valence-electron chi connectivity index (χ1n) is 12.0. The van der Waals surface area contributed by atoms with E-state index in [0.29, 0.717) is 6.54 Å². The topological polar surface area (TPSA) is 72.0 Å². The van der Waals surface area contributed by atoms with Crippen LogP contribution in [0.5, 0.6) is 0 Å². The van der Waals surface area contributed by atoms with Gasteiger partial charge in [-0.05, 0) is 82.3 Å². The van der Waals surface area contributed by atoms with Crippen LogP contribution in [0.2, 0.25) is 0 Å². The van der Waals surface area contributed by atoms with Gasteiger partial charge < -0.3 is 25.8 Å². The van der Waals surface area contributed by atoms with Crippen molar-refractivity contribution in [3.05, 3.63) is 29.8 Å². The molecule has 2 saturated heterocycles. The molecule has 0 saturated carbocycles. The van der Waals surface area contributed by atoms with Crippen LogP contribution in [0.15, 0.2) is 29.3 Å². The number of aliphatic imine (C=N–C) groups is 1. The second-order valence-corrected chi connectivity index (χ2v) is 8.82. The molecular weight excluding hydrogens is 515 g/mol. The Morgan fingerprint density at radius 2 is 1.88 bits per heavy atom. The Morgan fingerprint density at radius 1 is 1.12 bits per heavy atom. The highest BCUT2D eigenvalue weighted by atomic mass is 127. The molecule has 3 rings (SSSR count). The van der Waals surface area contributed by atoms with Gasteiger partial charge in [-0.2, -0.15) is 0 Å². The zero-order chi connectivity index (χ0) is 21.9. The second-order valence-electron chi connectivity index (χ2n) is 8.82. The maximum Gasteiger partial charge on any atom is 0.321 e. The molecule has 0 radical (unpaired) electrons. The summed E-state index contributed by atoms with van der Waals surface area (Å²) in [5, 5.41) is 9.80. The molecule has 3 N–H and O–H groups in total. The number of guanidine groups is 1. The van der Waals surface area contributed by atoms with Gasteiger partial charge >= 0.3 is 6.03 Å². The number of amides is 2. The Kier molecular flexibility index (Phi) is 12.2. The number of nitrogens with zero attached hydrogens (tertiary/aromatic N) is 3. The number of halogens is 1. The summed E-state index contributed by atoms with van der Waals surface area (Å²) in [5.74, 6) is 1.73. The van der Waals surface area contributed by atoms with Crippen LogP contribution in [0.1, 0.15) is 51.5 Å². The molecule has 2 aliphatic rings. The van der Waals surface area contributed by atoms with E-state index >= 15 is 0 Å². The third-order valence-electron chi connectivity index (χ3n) is 6.16. The maximum absolute atomic E-state index is 12.3. The smallest absolute Gasteiger partial charge is 0.321 e. The lowest BCUT2D eigenvalue weighted by Crippen LogP contribution is -2.39. The van der Waals surface area contributed by atoms with Crippen LogP contribution in [0.4, 0.5) is 10.5 Å². The number of anilines is 1. The van der Waals surface area contributed by atoms with Crippen LogP contribution < -0.4 is 16.0 Å². The molecule has 7 nitrogen and oxygen atoms in total. The molecule has 0 unspecified atom stereocenters. The van der Waals surface area contributed by atoms with Crippen molar-refractivity contribution in [1.82, 2.24) is 20.4 Å². The molecular formula is C24H41IN6O. The van der Waals surface area contributed by atoms with Crippen LogP contribution in [0.3, 0.4) is 0 Å². The van der Waals surface area contributed by atoms with E-state index in [1.165, 1.54) is 25.9 Å². The summed E-state index contributed by atoms with van der Waals surface area (Å²) in [6, 6.07) is 7.97. The summed E-state index contributed by atoms with van der Waals surface area (Å²) in [4.78, 5) is 21.5. The fourth-order valence-electron chi connectivity index (χ4n) is 4.18. The number of benzene rings is 1. The standard InChI is InChI=1S/C24H40N6O.HI/c1-3-25-23(26-12-7-13-29-16-10-20(2)11-17-29)27-19-21-8-6-9-22(18-21)28-24(31)30-14-4-5-15-30;/h6,8-9,18,20H,3-5,7,10-17,19H2,1-2H3,(H,28,31)(H2,25,26,27);1H. The lowest BCUT2D eigenvalue weighted by Gasteiger charge is -2.30. The normalized spacial score (nSPS) is 17.7. The van der Waals surface area contributed by atoms with Crippen molar-refractivity contribution in [2.75, 3.05) is 51.1 Å². The number of nitrogens with one attached hydrogen (secondary N) is 3. The summed E-state index contributed by atoms with van der Waals surface area (Å²) in [5.41, 5.74) is 1.91. The third-order valence-corrected chi connectivity index (χ3v) is 6.16. The second kappa shape index (κ2) is 14.6. The van der Waals surface area contributed by atoms with Gasteiger partial charge in [0, 0.05) is 31.9 Å². The first kappa shape index (κ1) is 26.7. The molecule has 8 heteroatoms. The zero-order valence-corrected chi connectivity index (χ0v) is 22.1. The monoisotopic (exact) mass is 556 g/mol. The Labute approximate surface area is 210 Å². The van der Waals surface area contributed by atoms with E-state index in [1.54, 1.807) is 0 Å². The number of likely N-dealkylation sites (tertiary alicyclic amines) is 2. The van der Waals surface area contributed by atoms with E-state index in [0.717, 1.165) is 75.1 Å². The van der Waals surface area contributed by atoms with Crippen molar-refractivity contribution >= 4 is 41.7 Å². The van der Waals surface area contributed by atoms with Crippen LogP contribution in [0, 0.1) is 5.92 Å². The molecule has 180 valence electrons. The summed E-state index contributed by atoms with van der Waals surface area (Å²) in [6.45, 7) is 12.1. The average molecular weight is 557 g/mol. The van der Waals surface area contributed by atoms with Crippen LogP contribution in [0.25, 0.3) is 0 Å². The van der Waals surface area contributed by atoms with Gasteiger partial charge in [-0.25, -0.2) is 9.79 Å². The van der Waals surface area contributed by atoms with Gasteiger partial charge in [0.05, 0.1) is 6.54 Å². The lowest BCUT2D eigenvalue weighted by atomic mass is 9.99. The first-order chi connectivity index (χ1) is 15.1. The number of hydrogen-bond donors (Lipinski definition) is 3. The quantitative estimate of drug-likeness (QED) is 0.195. The van der Waals surface area contributed by atoms with Crippen molar-refractivity contribution in [3.63, 3.8) is 0 Å². The molecule has 2 aliphatic heterocycles. The van der Waals surface area contributed by atoms with Crippen LogP contribution in [-0.2, 0) is 6.54 Å². The fraction of sp³-hybridized carbons (Fsp3) is 0.667. The Morgan fingerprint density at radius 3 is 2.59 bits per heavy atom. The number of piperidine rings is 1. The van der Waals surface area contributed by atoms with Gasteiger partial charge in [-0.15, -0.1) is 24.0 Å². The average Bonchev–Trinajstić information content (AvgIpc) is 3.32. The van der Waals surface area contributed by atoms with Crippen molar-refractivity contribution in [2.24, 2.45) is 10.9 Å². The first-order valence-corrected chi connectivity index (χ1v) is 12.0. The zero-order valence-electron chi connectivity index (χ0n) is 19.7. The van der Waals surface area contributed by atoms with Gasteiger partial charge in [0.1, 0.15) is 0 Å². The summed E-state index contributed by atoms with van der Waals surface area (Å²) in [7, 11) is 0. The van der Waals surface area contributed by atoms with E-state index in [1.807, 2.05) is 23.1 Å². The van der Waals surface area contributed by atoms with Crippen molar-refractivity contribution in [1.29, 1.82) is 0 Å². The van der Waals surface area contributed by atoms with E-state index < -0.39 is 0 Å². The van der Waals surface area contributed by atoms with Crippen molar-refractivity contribution in [2.45, 2.75) is 52.5 Å². The fourth-order valence-corrected chi connectivity index (χ4v) is 4.18. The molecule has 0 aromatic heterocycles. The SMILES string of the molecule is CCNC(=NCc1cccc(NC(=O)N2CCCC2)c1)NCCCN1CCC(C)CC1.I. The highest BCUT2D eigenvalue weighted by Crippen LogP contribution is 2.16. The van der Waals surface area contributed by atoms with Gasteiger partial charge in [-0.1, -0.05) is 19.1 Å². The highest BCUT2D eigenvalue weighted by molar-refractivity contribution is 14.0. The van der Waals surface area contributed by atoms with Gasteiger partial charge in [0.15, 0.2) is 5.96 Å². The molecule has 1 aromatic carbocycles. The summed E-state index contributed by atoms with van der Waals surface area (Å²) in [6.07, 6.45) is 5.97. The third kappa shape index (κ3) is 9.13. The van der Waals surface area contributed by atoms with Crippen LogP contribution in [-0.4, -0.2) is 67.6 Å². The Bertz CT molecular complexity index is 714. The lowest BCUT2D eigenvalue weighted by molar-refractivity contribution is 0.191. The molecule has 0 aliphatic carbocycles. The summed E-state index contributed by atoms with van der Waals surface area (Å²) >= 11 is 0. The number of carbonyl (C=O) groups excluding carboxylic acids is 1. The van der Waals surface area contributed by atoms with Crippen molar-refractivity contribution in [3.8, 4) is 0 Å². The molecule has 0 spiro atoms. The largest absolute Gasteiger partial charge is 0.357 e. The number of urea groups is 1. The minimum atomic E-state index is -0.00341. The number of rotatable bonds is 8. The Balaban J connectivity index is 0.00000363. The molecule has 2 amide bonds. The predicted molar refractivity (Wildman–Crippen MR) is 144 cm³/mol. The molecule has 2 heterocycles. The minimum absolute atomic E-state index is 0. The number of carbonyl (C=O) groups is 1. The molecule has 32 heavy (non-hydrogen) atoms. The molecule has 2 fully saturated rings. The van der Waals surface area contributed by atoms with Gasteiger partial charge in [0.2, 0.25) is 0 Å². The highest BCUT2D eigenvalue weighted by Gasteiger charge is 2.18.